The standard InChI is InChI=1S/C9H16F3NOS/c1-7-6-8(2-4-14-7)13-3-5-15-9(10,11)12/h7-8,13H,2-6H2,1H3. The molecule has 6 heteroatoms. The average Bonchev–Trinajstić information content (AvgIpc) is 2.11. The van der Waals surface area contributed by atoms with Gasteiger partial charge in [-0.15, -0.1) is 0 Å². The van der Waals surface area contributed by atoms with Gasteiger partial charge >= 0.3 is 5.51 Å². The Morgan fingerprint density at radius 2 is 2.20 bits per heavy atom. The van der Waals surface area contributed by atoms with Gasteiger partial charge in [-0.05, 0) is 31.5 Å². The SMILES string of the molecule is CC1CC(NCCSC(F)(F)F)CCO1. The van der Waals surface area contributed by atoms with E-state index in [4.69, 9.17) is 4.74 Å². The minimum atomic E-state index is -4.11. The summed E-state index contributed by atoms with van der Waals surface area (Å²) >= 11 is 0.0292. The smallest absolute Gasteiger partial charge is 0.378 e. The highest BCUT2D eigenvalue weighted by atomic mass is 32.2. The Kier molecular flexibility index (Phi) is 5.22. The molecular formula is C9H16F3NOS. The second-order valence-electron chi connectivity index (χ2n) is 3.65. The van der Waals surface area contributed by atoms with Gasteiger partial charge in [-0.1, -0.05) is 0 Å². The normalized spacial score (nSPS) is 28.0. The molecule has 0 saturated carbocycles. The molecule has 0 radical (unpaired) electrons. The Hall–Kier alpha value is 0.0600. The number of alkyl halides is 3. The zero-order chi connectivity index (χ0) is 11.3. The summed E-state index contributed by atoms with van der Waals surface area (Å²) in [6.45, 7) is 3.09. The number of halogens is 3. The van der Waals surface area contributed by atoms with E-state index < -0.39 is 5.51 Å². The molecule has 0 amide bonds. The van der Waals surface area contributed by atoms with Gasteiger partial charge in [0.2, 0.25) is 0 Å². The van der Waals surface area contributed by atoms with Crippen LogP contribution < -0.4 is 5.32 Å². The van der Waals surface area contributed by atoms with Crippen molar-refractivity contribution in [1.82, 2.24) is 5.32 Å². The van der Waals surface area contributed by atoms with E-state index in [0.29, 0.717) is 19.2 Å². The highest BCUT2D eigenvalue weighted by molar-refractivity contribution is 8.00. The maximum atomic E-state index is 11.8. The molecule has 1 N–H and O–H groups in total. The summed E-state index contributed by atoms with van der Waals surface area (Å²) in [6.07, 6.45) is 1.99. The van der Waals surface area contributed by atoms with E-state index >= 15 is 0 Å². The third-order valence-electron chi connectivity index (χ3n) is 2.29. The van der Waals surface area contributed by atoms with Crippen LogP contribution in [0.2, 0.25) is 0 Å². The third-order valence-corrected chi connectivity index (χ3v) is 3.02. The molecule has 0 bridgehead atoms. The predicted octanol–water partition coefficient (Wildman–Crippen LogP) is 2.40. The first-order chi connectivity index (χ1) is 6.97. The van der Waals surface area contributed by atoms with Crippen molar-refractivity contribution in [2.45, 2.75) is 37.4 Å². The second kappa shape index (κ2) is 5.96. The van der Waals surface area contributed by atoms with Crippen molar-refractivity contribution in [3.63, 3.8) is 0 Å². The van der Waals surface area contributed by atoms with E-state index in [-0.39, 0.29) is 23.6 Å². The van der Waals surface area contributed by atoms with Crippen LogP contribution in [0.1, 0.15) is 19.8 Å². The van der Waals surface area contributed by atoms with Gasteiger partial charge in [0.1, 0.15) is 0 Å². The molecule has 2 atom stereocenters. The van der Waals surface area contributed by atoms with Crippen molar-refractivity contribution in [3.8, 4) is 0 Å². The van der Waals surface area contributed by atoms with Crippen LogP contribution in [0.3, 0.4) is 0 Å². The lowest BCUT2D eigenvalue weighted by molar-refractivity contribution is -0.0328. The molecule has 1 saturated heterocycles. The molecule has 90 valence electrons. The van der Waals surface area contributed by atoms with Crippen LogP contribution in [0.15, 0.2) is 0 Å². The monoisotopic (exact) mass is 243 g/mol. The Balaban J connectivity index is 2.04. The quantitative estimate of drug-likeness (QED) is 0.766. The molecule has 1 heterocycles. The zero-order valence-corrected chi connectivity index (χ0v) is 9.46. The van der Waals surface area contributed by atoms with Gasteiger partial charge in [0, 0.05) is 24.9 Å². The van der Waals surface area contributed by atoms with E-state index in [9.17, 15) is 13.2 Å². The Labute approximate surface area is 91.9 Å². The van der Waals surface area contributed by atoms with E-state index in [0.717, 1.165) is 12.8 Å². The first-order valence-electron chi connectivity index (χ1n) is 5.03. The molecule has 0 aromatic carbocycles. The molecule has 1 aliphatic rings. The summed E-state index contributed by atoms with van der Waals surface area (Å²) in [5.74, 6) is 0.0786. The topological polar surface area (TPSA) is 21.3 Å². The minimum absolute atomic E-state index is 0.0292. The lowest BCUT2D eigenvalue weighted by atomic mass is 10.0. The van der Waals surface area contributed by atoms with Gasteiger partial charge in [0.25, 0.3) is 0 Å². The summed E-state index contributed by atoms with van der Waals surface area (Å²) in [4.78, 5) is 0. The van der Waals surface area contributed by atoms with Crippen molar-refractivity contribution in [3.05, 3.63) is 0 Å². The molecule has 15 heavy (non-hydrogen) atoms. The first-order valence-corrected chi connectivity index (χ1v) is 6.01. The van der Waals surface area contributed by atoms with Crippen LogP contribution >= 0.6 is 11.8 Å². The summed E-state index contributed by atoms with van der Waals surface area (Å²) in [6, 6.07) is 0.308. The molecular weight excluding hydrogens is 227 g/mol. The number of rotatable bonds is 4. The number of ether oxygens (including phenoxy) is 1. The fourth-order valence-corrected chi connectivity index (χ4v) is 2.06. The van der Waals surface area contributed by atoms with Crippen molar-refractivity contribution in [1.29, 1.82) is 0 Å². The van der Waals surface area contributed by atoms with Crippen LogP contribution in [0.5, 0.6) is 0 Å². The molecule has 1 fully saturated rings. The Morgan fingerprint density at radius 3 is 2.80 bits per heavy atom. The molecule has 1 rings (SSSR count). The van der Waals surface area contributed by atoms with E-state index in [1.165, 1.54) is 0 Å². The molecule has 1 aliphatic heterocycles. The Morgan fingerprint density at radius 1 is 1.47 bits per heavy atom. The fraction of sp³-hybridized carbons (Fsp3) is 1.00. The second-order valence-corrected chi connectivity index (χ2v) is 4.81. The van der Waals surface area contributed by atoms with E-state index in [1.54, 1.807) is 0 Å². The number of thioether (sulfide) groups is 1. The maximum absolute atomic E-state index is 11.8. The van der Waals surface area contributed by atoms with Gasteiger partial charge in [0.05, 0.1) is 6.10 Å². The number of nitrogens with one attached hydrogen (secondary N) is 1. The highest BCUT2D eigenvalue weighted by Gasteiger charge is 2.27. The number of hydrogen-bond donors (Lipinski definition) is 1. The van der Waals surface area contributed by atoms with E-state index in [1.807, 2.05) is 6.92 Å². The predicted molar refractivity (Wildman–Crippen MR) is 55.0 cm³/mol. The van der Waals surface area contributed by atoms with Crippen molar-refractivity contribution in [2.24, 2.45) is 0 Å². The summed E-state index contributed by atoms with van der Waals surface area (Å²) in [7, 11) is 0. The summed E-state index contributed by atoms with van der Waals surface area (Å²) < 4.78 is 40.7. The molecule has 0 aliphatic carbocycles. The summed E-state index contributed by atoms with van der Waals surface area (Å²) in [5.41, 5.74) is -4.11. The van der Waals surface area contributed by atoms with E-state index in [2.05, 4.69) is 5.32 Å². The molecule has 0 aromatic rings. The van der Waals surface area contributed by atoms with Gasteiger partial charge < -0.3 is 10.1 Å². The molecule has 0 aromatic heterocycles. The van der Waals surface area contributed by atoms with Gasteiger partial charge in [-0.25, -0.2) is 0 Å². The van der Waals surface area contributed by atoms with Crippen LogP contribution in [-0.2, 0) is 4.74 Å². The van der Waals surface area contributed by atoms with Gasteiger partial charge in [0.15, 0.2) is 0 Å². The van der Waals surface area contributed by atoms with Crippen molar-refractivity contribution >= 4 is 11.8 Å². The largest absolute Gasteiger partial charge is 0.441 e. The van der Waals surface area contributed by atoms with Gasteiger partial charge in [-0.2, -0.15) is 13.2 Å². The molecule has 2 nitrogen and oxygen atoms in total. The van der Waals surface area contributed by atoms with Crippen LogP contribution in [0.25, 0.3) is 0 Å². The molecule has 2 unspecified atom stereocenters. The van der Waals surface area contributed by atoms with Gasteiger partial charge in [-0.3, -0.25) is 0 Å². The van der Waals surface area contributed by atoms with Crippen molar-refractivity contribution < 1.29 is 17.9 Å². The number of hydrogen-bond acceptors (Lipinski definition) is 3. The fourth-order valence-electron chi connectivity index (χ4n) is 1.61. The lowest BCUT2D eigenvalue weighted by Gasteiger charge is -2.28. The average molecular weight is 243 g/mol. The highest BCUT2D eigenvalue weighted by Crippen LogP contribution is 2.29. The van der Waals surface area contributed by atoms with Crippen LogP contribution in [0.4, 0.5) is 13.2 Å². The van der Waals surface area contributed by atoms with Crippen molar-refractivity contribution in [2.75, 3.05) is 18.9 Å². The first kappa shape index (κ1) is 13.1. The Bertz CT molecular complexity index is 189. The lowest BCUT2D eigenvalue weighted by Crippen LogP contribution is -2.39. The third kappa shape index (κ3) is 6.27. The maximum Gasteiger partial charge on any atom is 0.441 e. The zero-order valence-electron chi connectivity index (χ0n) is 8.64. The minimum Gasteiger partial charge on any atom is -0.378 e. The summed E-state index contributed by atoms with van der Waals surface area (Å²) in [5, 5.41) is 3.12. The molecule has 0 spiro atoms. The van der Waals surface area contributed by atoms with Crippen LogP contribution in [-0.4, -0.2) is 36.6 Å². The van der Waals surface area contributed by atoms with Crippen LogP contribution in [0, 0.1) is 0 Å².